The van der Waals surface area contributed by atoms with Gasteiger partial charge < -0.3 is 5.32 Å². The molecule has 0 aromatic heterocycles. The third-order valence-corrected chi connectivity index (χ3v) is 3.78. The molecule has 2 atom stereocenters. The van der Waals surface area contributed by atoms with E-state index in [0.717, 1.165) is 10.8 Å². The van der Waals surface area contributed by atoms with Crippen LogP contribution in [-0.4, -0.2) is 12.5 Å². The van der Waals surface area contributed by atoms with Crippen molar-refractivity contribution in [1.29, 1.82) is 0 Å². The standard InChI is InChI=1S/C15H15F2N/c1-10-9-18-14(15(10,16)17)13-7-6-11-4-2-3-5-12(11)8-13/h2-8,10,14,18H,9H2,1H3/t10-,14+/m1/s1. The molecular weight excluding hydrogens is 232 g/mol. The van der Waals surface area contributed by atoms with Crippen LogP contribution in [0.25, 0.3) is 10.8 Å². The highest BCUT2D eigenvalue weighted by atomic mass is 19.3. The first-order valence-corrected chi connectivity index (χ1v) is 6.19. The Bertz CT molecular complexity index is 579. The number of alkyl halides is 2. The number of benzene rings is 2. The zero-order chi connectivity index (χ0) is 12.8. The fourth-order valence-electron chi connectivity index (χ4n) is 2.58. The van der Waals surface area contributed by atoms with E-state index in [1.165, 1.54) is 0 Å². The van der Waals surface area contributed by atoms with Gasteiger partial charge in [0.2, 0.25) is 0 Å². The van der Waals surface area contributed by atoms with Crippen LogP contribution in [0.1, 0.15) is 18.5 Å². The molecule has 2 aromatic rings. The van der Waals surface area contributed by atoms with E-state index in [2.05, 4.69) is 5.32 Å². The molecule has 2 aromatic carbocycles. The summed E-state index contributed by atoms with van der Waals surface area (Å²) in [6.45, 7) is 1.96. The van der Waals surface area contributed by atoms with E-state index >= 15 is 0 Å². The van der Waals surface area contributed by atoms with Gasteiger partial charge >= 0.3 is 0 Å². The first-order valence-electron chi connectivity index (χ1n) is 6.19. The van der Waals surface area contributed by atoms with Crippen LogP contribution >= 0.6 is 0 Å². The van der Waals surface area contributed by atoms with Gasteiger partial charge in [0.25, 0.3) is 5.92 Å². The van der Waals surface area contributed by atoms with Crippen LogP contribution in [0, 0.1) is 5.92 Å². The van der Waals surface area contributed by atoms with Crippen LogP contribution in [0.5, 0.6) is 0 Å². The molecule has 94 valence electrons. The van der Waals surface area contributed by atoms with E-state index in [9.17, 15) is 8.78 Å². The van der Waals surface area contributed by atoms with E-state index in [0.29, 0.717) is 12.1 Å². The summed E-state index contributed by atoms with van der Waals surface area (Å²) in [7, 11) is 0. The lowest BCUT2D eigenvalue weighted by molar-refractivity contribution is -0.0462. The molecule has 1 nitrogen and oxygen atoms in total. The average Bonchev–Trinajstić information content (AvgIpc) is 2.64. The molecule has 0 saturated carbocycles. The highest BCUT2D eigenvalue weighted by Crippen LogP contribution is 2.42. The van der Waals surface area contributed by atoms with E-state index in [1.807, 2.05) is 36.4 Å². The van der Waals surface area contributed by atoms with Gasteiger partial charge in [-0.05, 0) is 22.4 Å². The Kier molecular flexibility index (Phi) is 2.59. The fraction of sp³-hybridized carbons (Fsp3) is 0.333. The number of hydrogen-bond acceptors (Lipinski definition) is 1. The van der Waals surface area contributed by atoms with Gasteiger partial charge in [0.1, 0.15) is 0 Å². The number of rotatable bonds is 1. The summed E-state index contributed by atoms with van der Waals surface area (Å²) in [4.78, 5) is 0. The lowest BCUT2D eigenvalue weighted by atomic mass is 9.95. The smallest absolute Gasteiger partial charge is 0.270 e. The van der Waals surface area contributed by atoms with E-state index in [1.54, 1.807) is 13.0 Å². The maximum Gasteiger partial charge on any atom is 0.270 e. The lowest BCUT2D eigenvalue weighted by Crippen LogP contribution is -2.29. The third kappa shape index (κ3) is 1.70. The van der Waals surface area contributed by atoms with Gasteiger partial charge in [-0.25, -0.2) is 8.78 Å². The maximum absolute atomic E-state index is 14.0. The van der Waals surface area contributed by atoms with E-state index < -0.39 is 17.9 Å². The first-order chi connectivity index (χ1) is 8.59. The van der Waals surface area contributed by atoms with Crippen LogP contribution in [0.15, 0.2) is 42.5 Å². The zero-order valence-electron chi connectivity index (χ0n) is 10.2. The molecule has 0 spiro atoms. The quantitative estimate of drug-likeness (QED) is 0.809. The minimum Gasteiger partial charge on any atom is -0.304 e. The van der Waals surface area contributed by atoms with Crippen molar-refractivity contribution in [1.82, 2.24) is 5.32 Å². The summed E-state index contributed by atoms with van der Waals surface area (Å²) in [5.41, 5.74) is 0.669. The van der Waals surface area contributed by atoms with Crippen LogP contribution in [0.2, 0.25) is 0 Å². The molecule has 18 heavy (non-hydrogen) atoms. The van der Waals surface area contributed by atoms with Crippen molar-refractivity contribution in [3.63, 3.8) is 0 Å². The molecule has 1 aliphatic heterocycles. The number of halogens is 2. The molecule has 0 amide bonds. The van der Waals surface area contributed by atoms with Gasteiger partial charge in [0.05, 0.1) is 6.04 Å². The second kappa shape index (κ2) is 4.02. The second-order valence-corrected chi connectivity index (χ2v) is 5.02. The molecule has 1 heterocycles. The van der Waals surface area contributed by atoms with E-state index in [-0.39, 0.29) is 0 Å². The monoisotopic (exact) mass is 247 g/mol. The number of hydrogen-bond donors (Lipinski definition) is 1. The Labute approximate surface area is 105 Å². The lowest BCUT2D eigenvalue weighted by Gasteiger charge is -2.22. The van der Waals surface area contributed by atoms with Gasteiger partial charge in [0, 0.05) is 12.5 Å². The Morgan fingerprint density at radius 3 is 2.50 bits per heavy atom. The topological polar surface area (TPSA) is 12.0 Å². The van der Waals surface area contributed by atoms with Gasteiger partial charge in [-0.2, -0.15) is 0 Å². The summed E-state index contributed by atoms with van der Waals surface area (Å²) < 4.78 is 28.1. The Balaban J connectivity index is 2.05. The SMILES string of the molecule is C[C@@H]1CN[C@@H](c2ccc3ccccc3c2)C1(F)F. The highest BCUT2D eigenvalue weighted by molar-refractivity contribution is 5.83. The van der Waals surface area contributed by atoms with Crippen LogP contribution in [0.4, 0.5) is 8.78 Å². The normalized spacial score (nSPS) is 26.6. The summed E-state index contributed by atoms with van der Waals surface area (Å²) in [5.74, 6) is -3.29. The van der Waals surface area contributed by atoms with Crippen molar-refractivity contribution < 1.29 is 8.78 Å². The first kappa shape index (κ1) is 11.6. The largest absolute Gasteiger partial charge is 0.304 e. The van der Waals surface area contributed by atoms with Crippen molar-refractivity contribution in [2.45, 2.75) is 18.9 Å². The van der Waals surface area contributed by atoms with Gasteiger partial charge in [-0.1, -0.05) is 43.3 Å². The molecule has 0 radical (unpaired) electrons. The summed E-state index contributed by atoms with van der Waals surface area (Å²) >= 11 is 0. The van der Waals surface area contributed by atoms with Gasteiger partial charge in [-0.3, -0.25) is 0 Å². The molecule has 0 aliphatic carbocycles. The highest BCUT2D eigenvalue weighted by Gasteiger charge is 2.50. The van der Waals surface area contributed by atoms with Crippen molar-refractivity contribution in [2.24, 2.45) is 5.92 Å². The molecule has 1 fully saturated rings. The van der Waals surface area contributed by atoms with E-state index in [4.69, 9.17) is 0 Å². The Morgan fingerprint density at radius 2 is 1.83 bits per heavy atom. The molecule has 1 aliphatic rings. The predicted molar refractivity (Wildman–Crippen MR) is 68.8 cm³/mol. The molecule has 0 unspecified atom stereocenters. The minimum absolute atomic E-state index is 0.366. The fourth-order valence-corrected chi connectivity index (χ4v) is 2.58. The Hall–Kier alpha value is -1.48. The van der Waals surface area contributed by atoms with Crippen molar-refractivity contribution in [3.8, 4) is 0 Å². The maximum atomic E-state index is 14.0. The summed E-state index contributed by atoms with van der Waals surface area (Å²) in [5, 5.41) is 5.01. The van der Waals surface area contributed by atoms with Gasteiger partial charge in [0.15, 0.2) is 0 Å². The van der Waals surface area contributed by atoms with Crippen molar-refractivity contribution in [2.75, 3.05) is 6.54 Å². The number of fused-ring (bicyclic) bond motifs is 1. The molecular formula is C15H15F2N. The zero-order valence-corrected chi connectivity index (χ0v) is 10.2. The van der Waals surface area contributed by atoms with Gasteiger partial charge in [-0.15, -0.1) is 0 Å². The summed E-state index contributed by atoms with van der Waals surface area (Å²) in [6, 6.07) is 12.5. The molecule has 3 rings (SSSR count). The third-order valence-electron chi connectivity index (χ3n) is 3.78. The van der Waals surface area contributed by atoms with Crippen molar-refractivity contribution >= 4 is 10.8 Å². The molecule has 1 saturated heterocycles. The van der Waals surface area contributed by atoms with Crippen molar-refractivity contribution in [3.05, 3.63) is 48.0 Å². The Morgan fingerprint density at radius 1 is 1.11 bits per heavy atom. The molecule has 3 heteroatoms. The number of nitrogens with one attached hydrogen (secondary N) is 1. The molecule has 0 bridgehead atoms. The van der Waals surface area contributed by atoms with Crippen LogP contribution in [-0.2, 0) is 0 Å². The van der Waals surface area contributed by atoms with Crippen LogP contribution in [0.3, 0.4) is 0 Å². The minimum atomic E-state index is -2.68. The summed E-state index contributed by atoms with van der Waals surface area (Å²) in [6.07, 6.45) is 0. The second-order valence-electron chi connectivity index (χ2n) is 5.02. The predicted octanol–water partition coefficient (Wildman–Crippen LogP) is 3.76. The van der Waals surface area contributed by atoms with Crippen LogP contribution < -0.4 is 5.32 Å². The molecule has 1 N–H and O–H groups in total. The average molecular weight is 247 g/mol.